The van der Waals surface area contributed by atoms with Crippen LogP contribution < -0.4 is 10.6 Å². The second-order valence-corrected chi connectivity index (χ2v) is 14.4. The van der Waals surface area contributed by atoms with Gasteiger partial charge in [0.25, 0.3) is 0 Å². The van der Waals surface area contributed by atoms with E-state index in [9.17, 15) is 21.6 Å². The molecule has 3 fully saturated rings. The first-order valence-corrected chi connectivity index (χ1v) is 16.6. The van der Waals surface area contributed by atoms with E-state index in [1.54, 1.807) is 37.3 Å². The average Bonchev–Trinajstić information content (AvgIpc) is 3.23. The van der Waals surface area contributed by atoms with Crippen molar-refractivity contribution < 1.29 is 26.3 Å². The summed E-state index contributed by atoms with van der Waals surface area (Å²) in [6.45, 7) is 4.90. The molecule has 6 rings (SSSR count). The lowest BCUT2D eigenvalue weighted by Crippen LogP contribution is -2.68. The Morgan fingerprint density at radius 3 is 2.42 bits per heavy atom. The SMILES string of the molecule is Cc1cc(S(C)(=O)=O)ccc1NCC#Cc1cc2c(N[C@H]3CC[C@@H](N4CC5(COC5)C4)CC3)cccc2n1CC(F)(F)F. The minimum Gasteiger partial charge on any atom is -0.382 e. The monoisotopic (exact) mass is 614 g/mol. The topological polar surface area (TPSA) is 75.6 Å². The minimum atomic E-state index is -4.40. The van der Waals surface area contributed by atoms with E-state index in [0.717, 1.165) is 74.9 Å². The molecule has 1 aromatic heterocycles. The summed E-state index contributed by atoms with van der Waals surface area (Å²) < 4.78 is 71.1. The van der Waals surface area contributed by atoms with Gasteiger partial charge in [-0.2, -0.15) is 13.2 Å². The molecule has 1 spiro atoms. The minimum absolute atomic E-state index is 0.187. The van der Waals surface area contributed by atoms with E-state index in [0.29, 0.717) is 28.4 Å². The molecule has 2 aliphatic heterocycles. The first kappa shape index (κ1) is 29.9. The van der Waals surface area contributed by atoms with Crippen LogP contribution in [0, 0.1) is 24.2 Å². The van der Waals surface area contributed by atoms with Crippen LogP contribution in [0.25, 0.3) is 10.9 Å². The summed E-state index contributed by atoms with van der Waals surface area (Å²) >= 11 is 0. The summed E-state index contributed by atoms with van der Waals surface area (Å²) in [5.41, 5.74) is 3.48. The second-order valence-electron chi connectivity index (χ2n) is 12.4. The molecule has 230 valence electrons. The van der Waals surface area contributed by atoms with Crippen molar-refractivity contribution in [3.8, 4) is 11.8 Å². The van der Waals surface area contributed by atoms with Crippen LogP contribution in [0.2, 0.25) is 0 Å². The third-order valence-corrected chi connectivity index (χ3v) is 10.1. The number of benzene rings is 2. The number of anilines is 2. The maximum atomic E-state index is 13.6. The van der Waals surface area contributed by atoms with Crippen LogP contribution in [-0.4, -0.2) is 75.2 Å². The number of rotatable bonds is 7. The van der Waals surface area contributed by atoms with Gasteiger partial charge in [0.1, 0.15) is 6.54 Å². The Kier molecular flexibility index (Phi) is 7.90. The van der Waals surface area contributed by atoms with Crippen molar-refractivity contribution in [1.29, 1.82) is 0 Å². The van der Waals surface area contributed by atoms with Gasteiger partial charge in [-0.25, -0.2) is 8.42 Å². The molecule has 1 aliphatic carbocycles. The van der Waals surface area contributed by atoms with E-state index in [-0.39, 0.29) is 17.5 Å². The lowest BCUT2D eigenvalue weighted by atomic mass is 9.75. The summed E-state index contributed by atoms with van der Waals surface area (Å²) in [5.74, 6) is 5.89. The number of likely N-dealkylation sites (tertiary alicyclic amines) is 1. The van der Waals surface area contributed by atoms with Gasteiger partial charge < -0.3 is 19.9 Å². The van der Waals surface area contributed by atoms with Gasteiger partial charge in [0.2, 0.25) is 0 Å². The predicted octanol–water partition coefficient (Wildman–Crippen LogP) is 5.43. The zero-order chi connectivity index (χ0) is 30.4. The Morgan fingerprint density at radius 2 is 1.79 bits per heavy atom. The van der Waals surface area contributed by atoms with E-state index in [4.69, 9.17) is 4.74 Å². The molecule has 43 heavy (non-hydrogen) atoms. The fraction of sp³-hybridized carbons (Fsp3) is 0.500. The Morgan fingerprint density at radius 1 is 1.05 bits per heavy atom. The number of ether oxygens (including phenoxy) is 1. The number of nitrogens with zero attached hydrogens (tertiary/aromatic N) is 2. The fourth-order valence-corrected chi connectivity index (χ4v) is 7.36. The van der Waals surface area contributed by atoms with Crippen LogP contribution in [0.1, 0.15) is 36.9 Å². The van der Waals surface area contributed by atoms with Gasteiger partial charge in [-0.3, -0.25) is 4.90 Å². The molecule has 2 saturated heterocycles. The molecule has 1 saturated carbocycles. The van der Waals surface area contributed by atoms with Gasteiger partial charge in [0, 0.05) is 53.6 Å². The molecular formula is C32H37F3N4O3S. The van der Waals surface area contributed by atoms with Crippen molar-refractivity contribution in [2.45, 2.75) is 62.3 Å². The second kappa shape index (κ2) is 11.4. The lowest BCUT2D eigenvalue weighted by Gasteiger charge is -2.58. The van der Waals surface area contributed by atoms with Crippen molar-refractivity contribution in [2.75, 3.05) is 49.7 Å². The summed E-state index contributed by atoms with van der Waals surface area (Å²) in [5, 5.41) is 7.50. The highest BCUT2D eigenvalue weighted by Gasteiger charge is 2.50. The van der Waals surface area contributed by atoms with Gasteiger partial charge in [-0.15, -0.1) is 0 Å². The van der Waals surface area contributed by atoms with E-state index in [1.165, 1.54) is 10.6 Å². The number of hydrogen-bond donors (Lipinski definition) is 2. The number of alkyl halides is 3. The Labute approximate surface area is 250 Å². The summed E-state index contributed by atoms with van der Waals surface area (Å²) in [6.07, 6.45) is 1.02. The molecule has 3 heterocycles. The summed E-state index contributed by atoms with van der Waals surface area (Å²) in [4.78, 5) is 2.81. The van der Waals surface area contributed by atoms with Gasteiger partial charge in [0.05, 0.1) is 35.9 Å². The lowest BCUT2D eigenvalue weighted by molar-refractivity contribution is -0.200. The first-order chi connectivity index (χ1) is 20.4. The Hall–Kier alpha value is -3.20. The molecule has 0 radical (unpaired) electrons. The number of aromatic nitrogens is 1. The quantitative estimate of drug-likeness (QED) is 0.346. The van der Waals surface area contributed by atoms with Crippen LogP contribution in [-0.2, 0) is 21.1 Å². The molecule has 0 unspecified atom stereocenters. The predicted molar refractivity (Wildman–Crippen MR) is 162 cm³/mol. The van der Waals surface area contributed by atoms with Crippen molar-refractivity contribution in [3.05, 3.63) is 53.7 Å². The van der Waals surface area contributed by atoms with Crippen molar-refractivity contribution in [3.63, 3.8) is 0 Å². The molecule has 3 aromatic rings. The van der Waals surface area contributed by atoms with E-state index < -0.39 is 22.6 Å². The van der Waals surface area contributed by atoms with Crippen LogP contribution >= 0.6 is 0 Å². The first-order valence-electron chi connectivity index (χ1n) is 14.7. The van der Waals surface area contributed by atoms with Gasteiger partial charge in [-0.05, 0) is 80.5 Å². The summed E-state index contributed by atoms with van der Waals surface area (Å²) in [6, 6.07) is 12.8. The number of sulfone groups is 1. The molecule has 0 bridgehead atoms. The van der Waals surface area contributed by atoms with Crippen LogP contribution in [0.15, 0.2) is 47.4 Å². The molecule has 11 heteroatoms. The molecule has 3 aliphatic rings. The molecular weight excluding hydrogens is 577 g/mol. The van der Waals surface area contributed by atoms with Crippen molar-refractivity contribution >= 4 is 32.1 Å². The number of halogens is 3. The number of fused-ring (bicyclic) bond motifs is 1. The van der Waals surface area contributed by atoms with E-state index in [2.05, 4.69) is 27.4 Å². The summed E-state index contributed by atoms with van der Waals surface area (Å²) in [7, 11) is -3.32. The smallest absolute Gasteiger partial charge is 0.382 e. The number of nitrogens with one attached hydrogen (secondary N) is 2. The number of aryl methyl sites for hydroxylation is 1. The molecule has 2 N–H and O–H groups in total. The highest BCUT2D eigenvalue weighted by molar-refractivity contribution is 7.90. The fourth-order valence-electron chi connectivity index (χ4n) is 6.65. The zero-order valence-corrected chi connectivity index (χ0v) is 25.2. The highest BCUT2D eigenvalue weighted by Crippen LogP contribution is 2.41. The highest BCUT2D eigenvalue weighted by atomic mass is 32.2. The van der Waals surface area contributed by atoms with E-state index in [1.807, 2.05) is 6.07 Å². The van der Waals surface area contributed by atoms with E-state index >= 15 is 0 Å². The zero-order valence-electron chi connectivity index (χ0n) is 24.4. The molecule has 0 atom stereocenters. The Bertz CT molecular complexity index is 1670. The maximum absolute atomic E-state index is 13.6. The van der Waals surface area contributed by atoms with Crippen molar-refractivity contribution in [1.82, 2.24) is 9.47 Å². The number of hydrogen-bond acceptors (Lipinski definition) is 6. The standard InChI is InChI=1S/C32H37F3N4O3S/c1-22-15-26(43(2,40)41)12-13-28(22)36-14-4-5-25-16-27-29(6-3-7-30(27)39(25)19-32(33,34)35)37-23-8-10-24(11-9-23)38-17-31(18-38)20-42-21-31/h3,6-7,12-13,15-16,23-24,36-37H,8-11,14,17-21H2,1-2H3/t23-,24+. The molecule has 7 nitrogen and oxygen atoms in total. The normalized spacial score (nSPS) is 22.0. The maximum Gasteiger partial charge on any atom is 0.406 e. The van der Waals surface area contributed by atoms with Gasteiger partial charge >= 0.3 is 6.18 Å². The third kappa shape index (κ3) is 6.52. The van der Waals surface area contributed by atoms with Crippen LogP contribution in [0.4, 0.5) is 24.5 Å². The Balaban J connectivity index is 1.15. The third-order valence-electron chi connectivity index (χ3n) is 8.96. The molecule has 2 aromatic carbocycles. The van der Waals surface area contributed by atoms with Crippen LogP contribution in [0.3, 0.4) is 0 Å². The average molecular weight is 615 g/mol. The van der Waals surface area contributed by atoms with Gasteiger partial charge in [-0.1, -0.05) is 12.0 Å². The van der Waals surface area contributed by atoms with Crippen molar-refractivity contribution in [2.24, 2.45) is 5.41 Å². The van der Waals surface area contributed by atoms with Crippen LogP contribution in [0.5, 0.6) is 0 Å². The molecule has 0 amide bonds. The largest absolute Gasteiger partial charge is 0.406 e. The van der Waals surface area contributed by atoms with Gasteiger partial charge in [0.15, 0.2) is 9.84 Å².